The highest BCUT2D eigenvalue weighted by atomic mass is 79.9. The molecule has 0 aliphatic rings. The first kappa shape index (κ1) is 17.4. The second kappa shape index (κ2) is 9.28. The van der Waals surface area contributed by atoms with Crippen LogP contribution in [0.3, 0.4) is 0 Å². The van der Waals surface area contributed by atoms with Crippen molar-refractivity contribution in [2.75, 3.05) is 38.6 Å². The lowest BCUT2D eigenvalue weighted by molar-refractivity contribution is 0.238. The van der Waals surface area contributed by atoms with Crippen molar-refractivity contribution >= 4 is 37.5 Å². The second-order valence-corrected chi connectivity index (χ2v) is 6.11. The van der Waals surface area contributed by atoms with Gasteiger partial charge in [0, 0.05) is 31.7 Å². The normalized spacial score (nSPS) is 10.4. The molecule has 110 valence electrons. The van der Waals surface area contributed by atoms with Crippen LogP contribution in [-0.2, 0) is 0 Å². The van der Waals surface area contributed by atoms with Crippen LogP contribution in [0.15, 0.2) is 21.1 Å². The molecule has 0 aliphatic heterocycles. The topological polar surface area (TPSA) is 24.5 Å². The summed E-state index contributed by atoms with van der Waals surface area (Å²) in [5, 5.41) is 3.27. The van der Waals surface area contributed by atoms with Crippen molar-refractivity contribution in [2.45, 2.75) is 13.3 Å². The molecule has 0 heterocycles. The molecule has 3 nitrogen and oxygen atoms in total. The van der Waals surface area contributed by atoms with Crippen molar-refractivity contribution in [1.82, 2.24) is 4.90 Å². The summed E-state index contributed by atoms with van der Waals surface area (Å²) in [6.07, 6.45) is 6.01. The van der Waals surface area contributed by atoms with Crippen LogP contribution in [0, 0.1) is 12.3 Å². The molecule has 0 radical (unpaired) electrons. The van der Waals surface area contributed by atoms with Crippen LogP contribution >= 0.6 is 31.9 Å². The van der Waals surface area contributed by atoms with E-state index in [2.05, 4.69) is 54.9 Å². The third-order valence-corrected chi connectivity index (χ3v) is 3.91. The first-order valence-electron chi connectivity index (χ1n) is 6.56. The Hall–Kier alpha value is -0.700. The molecule has 1 rings (SSSR count). The fraction of sp³-hybridized carbons (Fsp3) is 0.467. The second-order valence-electron chi connectivity index (χ2n) is 4.41. The van der Waals surface area contributed by atoms with Gasteiger partial charge in [-0.15, -0.1) is 12.3 Å². The molecule has 1 N–H and O–H groups in total. The number of anilines is 1. The first-order valence-corrected chi connectivity index (χ1v) is 8.14. The molecule has 0 bridgehead atoms. The molecule has 0 unspecified atom stereocenters. The Bertz CT molecular complexity index is 448. The average molecular weight is 404 g/mol. The first-order chi connectivity index (χ1) is 9.58. The molecule has 1 aromatic carbocycles. The molecule has 0 fully saturated rings. The highest BCUT2D eigenvalue weighted by molar-refractivity contribution is 9.11. The van der Waals surface area contributed by atoms with Gasteiger partial charge in [0.25, 0.3) is 0 Å². The number of hydrogen-bond acceptors (Lipinski definition) is 3. The fourth-order valence-corrected chi connectivity index (χ4v) is 3.09. The minimum absolute atomic E-state index is 0.624. The smallest absolute Gasteiger partial charge is 0.147 e. The third kappa shape index (κ3) is 5.74. The SMILES string of the molecule is C#CCCN(C)CCOc1c(Br)cc(NCC)cc1Br. The van der Waals surface area contributed by atoms with Gasteiger partial charge >= 0.3 is 0 Å². The Morgan fingerprint density at radius 1 is 1.30 bits per heavy atom. The van der Waals surface area contributed by atoms with Crippen molar-refractivity contribution in [3.63, 3.8) is 0 Å². The minimum Gasteiger partial charge on any atom is -0.490 e. The summed E-state index contributed by atoms with van der Waals surface area (Å²) in [5.41, 5.74) is 1.06. The van der Waals surface area contributed by atoms with Gasteiger partial charge in [0.15, 0.2) is 0 Å². The van der Waals surface area contributed by atoms with E-state index < -0.39 is 0 Å². The zero-order chi connectivity index (χ0) is 15.0. The largest absolute Gasteiger partial charge is 0.490 e. The Morgan fingerprint density at radius 3 is 2.50 bits per heavy atom. The fourth-order valence-electron chi connectivity index (χ4n) is 1.67. The van der Waals surface area contributed by atoms with E-state index in [9.17, 15) is 0 Å². The summed E-state index contributed by atoms with van der Waals surface area (Å²) in [6.45, 7) is 5.31. The van der Waals surface area contributed by atoms with Crippen molar-refractivity contribution < 1.29 is 4.74 Å². The standard InChI is InChI=1S/C15H20Br2N2O/c1-4-6-7-19(3)8-9-20-15-13(16)10-12(18-5-2)11-14(15)17/h1,10-11,18H,5-9H2,2-3H3. The third-order valence-electron chi connectivity index (χ3n) is 2.74. The van der Waals surface area contributed by atoms with E-state index in [1.54, 1.807) is 0 Å². The number of benzene rings is 1. The van der Waals surface area contributed by atoms with Crippen LogP contribution in [0.5, 0.6) is 5.75 Å². The number of likely N-dealkylation sites (N-methyl/N-ethyl adjacent to an activating group) is 1. The lowest BCUT2D eigenvalue weighted by atomic mass is 10.3. The molecule has 20 heavy (non-hydrogen) atoms. The molecular formula is C15H20Br2N2O. The van der Waals surface area contributed by atoms with Gasteiger partial charge < -0.3 is 15.0 Å². The van der Waals surface area contributed by atoms with E-state index in [-0.39, 0.29) is 0 Å². The van der Waals surface area contributed by atoms with E-state index >= 15 is 0 Å². The molecule has 0 amide bonds. The van der Waals surface area contributed by atoms with Crippen LogP contribution < -0.4 is 10.1 Å². The molecule has 0 atom stereocenters. The maximum atomic E-state index is 5.84. The molecule has 0 saturated heterocycles. The van der Waals surface area contributed by atoms with Gasteiger partial charge in [0.05, 0.1) is 8.95 Å². The predicted molar refractivity (Wildman–Crippen MR) is 92.4 cm³/mol. The molecule has 1 aromatic rings. The number of halogens is 2. The summed E-state index contributed by atoms with van der Waals surface area (Å²) in [6, 6.07) is 4.04. The number of nitrogens with one attached hydrogen (secondary N) is 1. The van der Waals surface area contributed by atoms with Crippen molar-refractivity contribution in [2.24, 2.45) is 0 Å². The lowest BCUT2D eigenvalue weighted by Crippen LogP contribution is -2.25. The van der Waals surface area contributed by atoms with Crippen molar-refractivity contribution in [3.05, 3.63) is 21.1 Å². The Kier molecular flexibility index (Phi) is 8.05. The highest BCUT2D eigenvalue weighted by Crippen LogP contribution is 2.36. The number of ether oxygens (including phenoxy) is 1. The van der Waals surface area contributed by atoms with Gasteiger partial charge in [-0.05, 0) is 58.0 Å². The Morgan fingerprint density at radius 2 is 1.95 bits per heavy atom. The van der Waals surface area contributed by atoms with Gasteiger partial charge in [-0.25, -0.2) is 0 Å². The van der Waals surface area contributed by atoms with E-state index in [1.807, 2.05) is 19.2 Å². The van der Waals surface area contributed by atoms with Gasteiger partial charge in [-0.3, -0.25) is 0 Å². The van der Waals surface area contributed by atoms with Crippen molar-refractivity contribution in [3.8, 4) is 18.1 Å². The zero-order valence-electron chi connectivity index (χ0n) is 11.9. The number of nitrogens with zero attached hydrogens (tertiary/aromatic N) is 1. The monoisotopic (exact) mass is 402 g/mol. The molecular weight excluding hydrogens is 384 g/mol. The van der Waals surface area contributed by atoms with Crippen LogP contribution in [0.1, 0.15) is 13.3 Å². The highest BCUT2D eigenvalue weighted by Gasteiger charge is 2.09. The maximum absolute atomic E-state index is 5.84. The van der Waals surface area contributed by atoms with Crippen LogP contribution in [-0.4, -0.2) is 38.2 Å². The van der Waals surface area contributed by atoms with E-state index in [0.717, 1.165) is 46.4 Å². The average Bonchev–Trinajstić information content (AvgIpc) is 2.40. The molecule has 0 spiro atoms. The Balaban J connectivity index is 2.54. The van der Waals surface area contributed by atoms with Gasteiger partial charge in [-0.2, -0.15) is 0 Å². The van der Waals surface area contributed by atoms with Gasteiger partial charge in [0.2, 0.25) is 0 Å². The quantitative estimate of drug-likeness (QED) is 0.664. The molecule has 0 saturated carbocycles. The predicted octanol–water partition coefficient (Wildman–Crippen LogP) is 3.98. The number of hydrogen-bond donors (Lipinski definition) is 1. The van der Waals surface area contributed by atoms with E-state index in [4.69, 9.17) is 11.2 Å². The van der Waals surface area contributed by atoms with Crippen LogP contribution in [0.25, 0.3) is 0 Å². The summed E-state index contributed by atoms with van der Waals surface area (Å²) in [4.78, 5) is 2.16. The Labute approximate surface area is 138 Å². The van der Waals surface area contributed by atoms with Crippen LogP contribution in [0.4, 0.5) is 5.69 Å². The molecule has 0 aliphatic carbocycles. The van der Waals surface area contributed by atoms with Gasteiger partial charge in [0.1, 0.15) is 12.4 Å². The van der Waals surface area contributed by atoms with E-state index in [1.165, 1.54) is 0 Å². The van der Waals surface area contributed by atoms with Crippen LogP contribution in [0.2, 0.25) is 0 Å². The number of terminal acetylenes is 1. The molecule has 0 aromatic heterocycles. The summed E-state index contributed by atoms with van der Waals surface area (Å²) in [5.74, 6) is 3.47. The summed E-state index contributed by atoms with van der Waals surface area (Å²) in [7, 11) is 2.04. The molecule has 5 heteroatoms. The van der Waals surface area contributed by atoms with Gasteiger partial charge in [-0.1, -0.05) is 0 Å². The minimum atomic E-state index is 0.624. The lowest BCUT2D eigenvalue weighted by Gasteiger charge is -2.17. The maximum Gasteiger partial charge on any atom is 0.147 e. The van der Waals surface area contributed by atoms with Crippen molar-refractivity contribution in [1.29, 1.82) is 0 Å². The van der Waals surface area contributed by atoms with E-state index in [0.29, 0.717) is 6.61 Å². The summed E-state index contributed by atoms with van der Waals surface area (Å²) < 4.78 is 7.71. The number of rotatable bonds is 8. The summed E-state index contributed by atoms with van der Waals surface area (Å²) >= 11 is 7.08. The zero-order valence-corrected chi connectivity index (χ0v) is 15.1.